The Hall–Kier alpha value is -3.93. The predicted octanol–water partition coefficient (Wildman–Crippen LogP) is 24.2. The lowest BCUT2D eigenvalue weighted by atomic mass is 10.0. The SMILES string of the molecule is CC/C=C\C/C=C\C/C=C\C/C=C\C/C=C\C/C=C\CCCCC(=O)OC(COC(=O)CCCCCCC/C=C\CCCCCCCCC)COC(=O)CCCCCCCCCCCCCCCCC/C=C\C/C=C\CCCCCCC. The Morgan fingerprint density at radius 2 is 0.476 bits per heavy atom. The highest BCUT2D eigenvalue weighted by atomic mass is 16.6. The van der Waals surface area contributed by atoms with Gasteiger partial charge in [-0.05, 0) is 128 Å². The molecule has 0 radical (unpaired) electrons. The fourth-order valence-electron chi connectivity index (χ4n) is 9.77. The molecule has 6 heteroatoms. The molecule has 470 valence electrons. The van der Waals surface area contributed by atoms with Gasteiger partial charge in [0.15, 0.2) is 6.10 Å². The number of hydrogen-bond acceptors (Lipinski definition) is 6. The minimum absolute atomic E-state index is 0.0977. The van der Waals surface area contributed by atoms with Gasteiger partial charge in [-0.2, -0.15) is 0 Å². The average Bonchev–Trinajstić information content (AvgIpc) is 3.48. The van der Waals surface area contributed by atoms with E-state index in [-0.39, 0.29) is 37.5 Å². The van der Waals surface area contributed by atoms with Gasteiger partial charge in [0.2, 0.25) is 0 Å². The summed E-state index contributed by atoms with van der Waals surface area (Å²) in [6.07, 6.45) is 95.4. The largest absolute Gasteiger partial charge is 0.462 e. The van der Waals surface area contributed by atoms with Gasteiger partial charge in [-0.25, -0.2) is 0 Å². The van der Waals surface area contributed by atoms with Crippen LogP contribution in [0.4, 0.5) is 0 Å². The third-order valence-corrected chi connectivity index (χ3v) is 15.0. The molecule has 0 bridgehead atoms. The number of hydrogen-bond donors (Lipinski definition) is 0. The number of esters is 3. The lowest BCUT2D eigenvalue weighted by Gasteiger charge is -2.18. The summed E-state index contributed by atoms with van der Waals surface area (Å²) in [6.45, 7) is 6.50. The standard InChI is InChI=1S/C76H130O6/c1-4-7-10-13-16-19-22-25-28-31-33-35-36-37-38-39-40-42-43-45-48-51-54-57-60-63-66-69-75(78)81-72-73(71-80-74(77)68-65-62-59-56-53-50-47-30-27-24-21-18-15-12-9-6-3)82-76(79)70-67-64-61-58-55-52-49-46-44-41-34-32-29-26-23-20-17-14-11-8-5-2/h8,11,17,20,22,25-26,29-31,33-34,41,46-47,49,55,58,73H,4-7,9-10,12-16,18-19,21,23-24,27-28,32,35-40,42-45,48,50-54,56-57,59-72H2,1-3H3/b11-8-,20-17-,25-22-,29-26-,33-31-,41-34-,47-30-,49-46-,58-55-. The maximum absolute atomic E-state index is 12.9. The van der Waals surface area contributed by atoms with Gasteiger partial charge in [0, 0.05) is 19.3 Å². The van der Waals surface area contributed by atoms with Gasteiger partial charge >= 0.3 is 17.9 Å². The highest BCUT2D eigenvalue weighted by Crippen LogP contribution is 2.17. The number of ether oxygens (including phenoxy) is 3. The molecule has 0 aliphatic rings. The molecular formula is C76H130O6. The van der Waals surface area contributed by atoms with Gasteiger partial charge in [0.05, 0.1) is 0 Å². The molecule has 0 N–H and O–H groups in total. The summed E-state index contributed by atoms with van der Waals surface area (Å²) in [6, 6.07) is 0. The summed E-state index contributed by atoms with van der Waals surface area (Å²) in [5.41, 5.74) is 0. The summed E-state index contributed by atoms with van der Waals surface area (Å²) in [7, 11) is 0. The number of unbranched alkanes of at least 4 members (excludes halogenated alkanes) is 34. The maximum Gasteiger partial charge on any atom is 0.306 e. The van der Waals surface area contributed by atoms with Crippen molar-refractivity contribution in [1.29, 1.82) is 0 Å². The van der Waals surface area contributed by atoms with Crippen molar-refractivity contribution in [3.05, 3.63) is 109 Å². The third-order valence-electron chi connectivity index (χ3n) is 15.0. The predicted molar refractivity (Wildman–Crippen MR) is 357 cm³/mol. The van der Waals surface area contributed by atoms with E-state index in [0.29, 0.717) is 19.3 Å². The van der Waals surface area contributed by atoms with Crippen molar-refractivity contribution in [2.75, 3.05) is 13.2 Å². The fourth-order valence-corrected chi connectivity index (χ4v) is 9.77. The highest BCUT2D eigenvalue weighted by molar-refractivity contribution is 5.71. The number of carbonyl (C=O) groups is 3. The van der Waals surface area contributed by atoms with Crippen LogP contribution in [0.5, 0.6) is 0 Å². The summed E-state index contributed by atoms with van der Waals surface area (Å²) in [4.78, 5) is 38.4. The monoisotopic (exact) mass is 1140 g/mol. The van der Waals surface area contributed by atoms with Crippen LogP contribution in [0.25, 0.3) is 0 Å². The van der Waals surface area contributed by atoms with Crippen LogP contribution in [-0.4, -0.2) is 37.2 Å². The van der Waals surface area contributed by atoms with Crippen LogP contribution >= 0.6 is 0 Å². The molecule has 0 amide bonds. The lowest BCUT2D eigenvalue weighted by Crippen LogP contribution is -2.30. The van der Waals surface area contributed by atoms with Crippen molar-refractivity contribution >= 4 is 17.9 Å². The van der Waals surface area contributed by atoms with Crippen LogP contribution < -0.4 is 0 Å². The van der Waals surface area contributed by atoms with E-state index in [9.17, 15) is 14.4 Å². The Balaban J connectivity index is 4.39. The molecular weight excluding hydrogens is 1010 g/mol. The Morgan fingerprint density at radius 3 is 0.780 bits per heavy atom. The van der Waals surface area contributed by atoms with E-state index >= 15 is 0 Å². The van der Waals surface area contributed by atoms with E-state index in [1.807, 2.05) is 0 Å². The molecule has 0 saturated heterocycles. The second kappa shape index (κ2) is 69.6. The van der Waals surface area contributed by atoms with Gasteiger partial charge in [-0.15, -0.1) is 0 Å². The summed E-state index contributed by atoms with van der Waals surface area (Å²) < 4.78 is 16.9. The van der Waals surface area contributed by atoms with Crippen molar-refractivity contribution in [2.24, 2.45) is 0 Å². The van der Waals surface area contributed by atoms with Crippen LogP contribution in [0.3, 0.4) is 0 Å². The summed E-state index contributed by atoms with van der Waals surface area (Å²) >= 11 is 0. The minimum Gasteiger partial charge on any atom is -0.462 e. The van der Waals surface area contributed by atoms with E-state index < -0.39 is 6.10 Å². The highest BCUT2D eigenvalue weighted by Gasteiger charge is 2.19. The van der Waals surface area contributed by atoms with Crippen molar-refractivity contribution in [3.8, 4) is 0 Å². The van der Waals surface area contributed by atoms with Gasteiger partial charge < -0.3 is 14.2 Å². The molecule has 0 aromatic rings. The van der Waals surface area contributed by atoms with Gasteiger partial charge in [0.1, 0.15) is 13.2 Å². The van der Waals surface area contributed by atoms with Crippen LogP contribution in [0.1, 0.15) is 335 Å². The Morgan fingerprint density at radius 1 is 0.256 bits per heavy atom. The van der Waals surface area contributed by atoms with Crippen LogP contribution in [-0.2, 0) is 28.6 Å². The van der Waals surface area contributed by atoms with Crippen molar-refractivity contribution in [1.82, 2.24) is 0 Å². The van der Waals surface area contributed by atoms with E-state index in [4.69, 9.17) is 14.2 Å². The molecule has 6 nitrogen and oxygen atoms in total. The average molecular weight is 1140 g/mol. The first kappa shape index (κ1) is 78.1. The zero-order chi connectivity index (χ0) is 59.2. The second-order valence-corrected chi connectivity index (χ2v) is 23.1. The molecule has 0 aliphatic carbocycles. The molecule has 0 rings (SSSR count). The molecule has 0 spiro atoms. The van der Waals surface area contributed by atoms with E-state index in [1.165, 1.54) is 186 Å². The fraction of sp³-hybridized carbons (Fsp3) is 0.724. The Labute approximate surface area is 508 Å². The molecule has 1 unspecified atom stereocenters. The second-order valence-electron chi connectivity index (χ2n) is 23.1. The molecule has 0 aromatic carbocycles. The summed E-state index contributed by atoms with van der Waals surface area (Å²) in [5, 5.41) is 0. The van der Waals surface area contributed by atoms with Crippen LogP contribution in [0.2, 0.25) is 0 Å². The number of carbonyl (C=O) groups excluding carboxylic acids is 3. The topological polar surface area (TPSA) is 78.9 Å². The first-order chi connectivity index (χ1) is 40.5. The smallest absolute Gasteiger partial charge is 0.306 e. The Kier molecular flexibility index (Phi) is 66.2. The molecule has 0 saturated carbocycles. The molecule has 0 aliphatic heterocycles. The van der Waals surface area contributed by atoms with Gasteiger partial charge in [-0.3, -0.25) is 14.4 Å². The van der Waals surface area contributed by atoms with Gasteiger partial charge in [-0.1, -0.05) is 297 Å². The lowest BCUT2D eigenvalue weighted by molar-refractivity contribution is -0.167. The first-order valence-corrected chi connectivity index (χ1v) is 34.9. The molecule has 82 heavy (non-hydrogen) atoms. The quantitative estimate of drug-likeness (QED) is 0.0261. The number of allylic oxidation sites excluding steroid dienone is 18. The molecule has 0 fully saturated rings. The van der Waals surface area contributed by atoms with E-state index in [0.717, 1.165) is 103 Å². The molecule has 0 heterocycles. The Bertz CT molecular complexity index is 1640. The summed E-state index contributed by atoms with van der Waals surface area (Å²) in [5.74, 6) is -0.938. The van der Waals surface area contributed by atoms with Crippen LogP contribution in [0, 0.1) is 0 Å². The first-order valence-electron chi connectivity index (χ1n) is 34.9. The maximum atomic E-state index is 12.9. The molecule has 0 aromatic heterocycles. The van der Waals surface area contributed by atoms with E-state index in [1.54, 1.807) is 0 Å². The zero-order valence-corrected chi connectivity index (χ0v) is 54.0. The van der Waals surface area contributed by atoms with Crippen molar-refractivity contribution in [3.63, 3.8) is 0 Å². The van der Waals surface area contributed by atoms with Gasteiger partial charge in [0.25, 0.3) is 0 Å². The van der Waals surface area contributed by atoms with Crippen molar-refractivity contribution < 1.29 is 28.6 Å². The molecule has 1 atom stereocenters. The van der Waals surface area contributed by atoms with Crippen LogP contribution in [0.15, 0.2) is 109 Å². The minimum atomic E-state index is -0.808. The van der Waals surface area contributed by atoms with E-state index in [2.05, 4.69) is 130 Å². The third kappa shape index (κ3) is 66.9. The zero-order valence-electron chi connectivity index (χ0n) is 54.0. The number of rotatable bonds is 63. The normalized spacial score (nSPS) is 12.8. The van der Waals surface area contributed by atoms with Crippen molar-refractivity contribution in [2.45, 2.75) is 341 Å².